The molecule has 1 N–H and O–H groups in total. The summed E-state index contributed by atoms with van der Waals surface area (Å²) in [6, 6.07) is 4.55. The highest BCUT2D eigenvalue weighted by Gasteiger charge is 2.43. The zero-order valence-electron chi connectivity index (χ0n) is 11.4. The third kappa shape index (κ3) is 3.08. The molecule has 0 amide bonds. The first-order valence-electron chi connectivity index (χ1n) is 6.99. The van der Waals surface area contributed by atoms with Crippen LogP contribution in [0.5, 0.6) is 11.5 Å². The van der Waals surface area contributed by atoms with Gasteiger partial charge in [-0.2, -0.15) is 0 Å². The lowest BCUT2D eigenvalue weighted by Crippen LogP contribution is -2.45. The number of ether oxygens (including phenoxy) is 2. The van der Waals surface area contributed by atoms with Crippen molar-refractivity contribution in [3.05, 3.63) is 23.8 Å². The van der Waals surface area contributed by atoms with Crippen LogP contribution in [0.15, 0.2) is 18.2 Å². The van der Waals surface area contributed by atoms with Gasteiger partial charge in [0.15, 0.2) is 11.5 Å². The van der Waals surface area contributed by atoms with Gasteiger partial charge in [-0.3, -0.25) is 9.29 Å². The Kier molecular flexibility index (Phi) is 3.95. The lowest BCUT2D eigenvalue weighted by Gasteiger charge is -2.34. The Morgan fingerprint density at radius 3 is 2.62 bits per heavy atom. The maximum absolute atomic E-state index is 13.0. The van der Waals surface area contributed by atoms with Crippen molar-refractivity contribution >= 4 is 0 Å². The Labute approximate surface area is 120 Å². The molecule has 0 aliphatic carbocycles. The molecule has 4 nitrogen and oxygen atoms in total. The normalized spacial score (nSPS) is 22.2. The van der Waals surface area contributed by atoms with Gasteiger partial charge in [-0.25, -0.2) is 0 Å². The molecule has 1 aromatic carbocycles. The molecule has 0 unspecified atom stereocenters. The third-order valence-electron chi connectivity index (χ3n) is 3.78. The first-order valence-corrected chi connectivity index (χ1v) is 6.99. The third-order valence-corrected chi connectivity index (χ3v) is 3.78. The topological polar surface area (TPSA) is 33.7 Å². The van der Waals surface area contributed by atoms with Crippen LogP contribution < -0.4 is 14.8 Å². The first kappa shape index (κ1) is 14.5. The lowest BCUT2D eigenvalue weighted by atomic mass is 10.0. The number of fused-ring (bicyclic) bond motifs is 1. The van der Waals surface area contributed by atoms with Gasteiger partial charge in [0.1, 0.15) is 0 Å². The van der Waals surface area contributed by atoms with E-state index in [1.54, 1.807) is 6.07 Å². The predicted molar refractivity (Wildman–Crippen MR) is 70.4 cm³/mol. The van der Waals surface area contributed by atoms with Gasteiger partial charge in [0, 0.05) is 32.2 Å². The number of halogens is 3. The van der Waals surface area contributed by atoms with E-state index in [0.29, 0.717) is 6.42 Å². The molecule has 2 heterocycles. The molecule has 1 fully saturated rings. The zero-order valence-corrected chi connectivity index (χ0v) is 11.4. The summed E-state index contributed by atoms with van der Waals surface area (Å²) in [5.74, 6) is 0.0274. The standard InChI is InChI=1S/C14H17F3N2O2/c15-4-3-11(19-7-5-18-6-8-19)10-1-2-12-13(9-10)21-14(16,17)20-12/h1-2,9,11,18H,3-8H2/t11-/m0/s1. The fraction of sp³-hybridized carbons (Fsp3) is 0.571. The van der Waals surface area contributed by atoms with E-state index >= 15 is 0 Å². The van der Waals surface area contributed by atoms with Crippen LogP contribution in [0.25, 0.3) is 0 Å². The van der Waals surface area contributed by atoms with E-state index in [4.69, 9.17) is 0 Å². The predicted octanol–water partition coefficient (Wildman–Crippen LogP) is 2.31. The number of alkyl halides is 3. The summed E-state index contributed by atoms with van der Waals surface area (Å²) in [5.41, 5.74) is 0.773. The van der Waals surface area contributed by atoms with Crippen LogP contribution in [-0.4, -0.2) is 44.0 Å². The smallest absolute Gasteiger partial charge is 0.395 e. The second kappa shape index (κ2) is 5.73. The SMILES string of the molecule is FCC[C@@H](c1ccc2c(c1)OC(F)(F)O2)N1CCNCC1. The first-order chi connectivity index (χ1) is 10.1. The fourth-order valence-electron chi connectivity index (χ4n) is 2.83. The molecular formula is C14H17F3N2O2. The van der Waals surface area contributed by atoms with Crippen molar-refractivity contribution in [1.29, 1.82) is 0 Å². The van der Waals surface area contributed by atoms with Gasteiger partial charge in [-0.15, -0.1) is 8.78 Å². The van der Waals surface area contributed by atoms with Gasteiger partial charge in [0.05, 0.1) is 6.67 Å². The lowest BCUT2D eigenvalue weighted by molar-refractivity contribution is -0.286. The minimum Gasteiger partial charge on any atom is -0.395 e. The molecule has 0 saturated carbocycles. The summed E-state index contributed by atoms with van der Waals surface area (Å²) in [6.07, 6.45) is -3.29. The Balaban J connectivity index is 1.83. The van der Waals surface area contributed by atoms with E-state index in [2.05, 4.69) is 19.7 Å². The molecular weight excluding hydrogens is 285 g/mol. The molecule has 1 aromatic rings. The van der Waals surface area contributed by atoms with Crippen LogP contribution in [0.1, 0.15) is 18.0 Å². The molecule has 2 aliphatic heterocycles. The fourth-order valence-corrected chi connectivity index (χ4v) is 2.83. The summed E-state index contributed by atoms with van der Waals surface area (Å²) < 4.78 is 47.8. The Bertz CT molecular complexity index is 507. The molecule has 0 bridgehead atoms. The number of rotatable bonds is 4. The van der Waals surface area contributed by atoms with Crippen LogP contribution in [0.2, 0.25) is 0 Å². The Morgan fingerprint density at radius 1 is 1.19 bits per heavy atom. The molecule has 116 valence electrons. The molecule has 1 atom stereocenters. The van der Waals surface area contributed by atoms with Crippen LogP contribution in [-0.2, 0) is 0 Å². The average molecular weight is 302 g/mol. The van der Waals surface area contributed by atoms with E-state index in [1.165, 1.54) is 12.1 Å². The van der Waals surface area contributed by atoms with Crippen LogP contribution in [0, 0.1) is 0 Å². The Hall–Kier alpha value is -1.47. The van der Waals surface area contributed by atoms with Crippen molar-refractivity contribution in [2.24, 2.45) is 0 Å². The number of piperazine rings is 1. The van der Waals surface area contributed by atoms with Crippen LogP contribution >= 0.6 is 0 Å². The number of nitrogens with one attached hydrogen (secondary N) is 1. The molecule has 0 aromatic heterocycles. The summed E-state index contributed by atoms with van der Waals surface area (Å²) in [5, 5.41) is 3.24. The van der Waals surface area contributed by atoms with E-state index in [0.717, 1.165) is 31.7 Å². The van der Waals surface area contributed by atoms with E-state index < -0.39 is 13.0 Å². The van der Waals surface area contributed by atoms with Crippen molar-refractivity contribution in [3.63, 3.8) is 0 Å². The molecule has 7 heteroatoms. The summed E-state index contributed by atoms with van der Waals surface area (Å²) >= 11 is 0. The molecule has 21 heavy (non-hydrogen) atoms. The van der Waals surface area contributed by atoms with E-state index in [1.807, 2.05) is 0 Å². The number of hydrogen-bond donors (Lipinski definition) is 1. The van der Waals surface area contributed by atoms with E-state index in [-0.39, 0.29) is 17.5 Å². The summed E-state index contributed by atoms with van der Waals surface area (Å²) in [7, 11) is 0. The van der Waals surface area contributed by atoms with Crippen LogP contribution in [0.3, 0.4) is 0 Å². The zero-order chi connectivity index (χ0) is 14.9. The highest BCUT2D eigenvalue weighted by molar-refractivity contribution is 5.46. The van der Waals surface area contributed by atoms with Crippen LogP contribution in [0.4, 0.5) is 13.2 Å². The van der Waals surface area contributed by atoms with Crippen molar-refractivity contribution in [3.8, 4) is 11.5 Å². The molecule has 3 rings (SSSR count). The molecule has 1 saturated heterocycles. The van der Waals surface area contributed by atoms with Crippen molar-refractivity contribution in [1.82, 2.24) is 10.2 Å². The number of benzene rings is 1. The van der Waals surface area contributed by atoms with Gasteiger partial charge in [0.25, 0.3) is 0 Å². The van der Waals surface area contributed by atoms with Gasteiger partial charge < -0.3 is 14.8 Å². The number of hydrogen-bond acceptors (Lipinski definition) is 4. The highest BCUT2D eigenvalue weighted by atomic mass is 19.3. The minimum absolute atomic E-state index is 0.0106. The quantitative estimate of drug-likeness (QED) is 0.925. The highest BCUT2D eigenvalue weighted by Crippen LogP contribution is 2.42. The largest absolute Gasteiger partial charge is 0.586 e. The van der Waals surface area contributed by atoms with E-state index in [9.17, 15) is 13.2 Å². The second-order valence-electron chi connectivity index (χ2n) is 5.15. The van der Waals surface area contributed by atoms with Crippen molar-refractivity contribution in [2.75, 3.05) is 32.9 Å². The summed E-state index contributed by atoms with van der Waals surface area (Å²) in [6.45, 7) is 2.82. The maximum Gasteiger partial charge on any atom is 0.586 e. The Morgan fingerprint density at radius 2 is 1.90 bits per heavy atom. The van der Waals surface area contributed by atoms with Crippen molar-refractivity contribution < 1.29 is 22.6 Å². The van der Waals surface area contributed by atoms with Crippen molar-refractivity contribution in [2.45, 2.75) is 18.8 Å². The number of nitrogens with zero attached hydrogens (tertiary/aromatic N) is 1. The van der Waals surface area contributed by atoms with Gasteiger partial charge >= 0.3 is 6.29 Å². The van der Waals surface area contributed by atoms with Gasteiger partial charge in [-0.05, 0) is 24.1 Å². The maximum atomic E-state index is 13.0. The van der Waals surface area contributed by atoms with Gasteiger partial charge in [0.2, 0.25) is 0 Å². The monoisotopic (exact) mass is 302 g/mol. The summed E-state index contributed by atoms with van der Waals surface area (Å²) in [4.78, 5) is 2.16. The molecule has 0 radical (unpaired) electrons. The van der Waals surface area contributed by atoms with Gasteiger partial charge in [-0.1, -0.05) is 6.07 Å². The second-order valence-corrected chi connectivity index (χ2v) is 5.15. The minimum atomic E-state index is -3.62. The average Bonchev–Trinajstić information content (AvgIpc) is 2.78. The molecule has 2 aliphatic rings. The molecule has 0 spiro atoms.